The van der Waals surface area contributed by atoms with E-state index in [2.05, 4.69) is 16.0 Å². The summed E-state index contributed by atoms with van der Waals surface area (Å²) in [5.41, 5.74) is 0.143. The Balaban J connectivity index is 2.36. The monoisotopic (exact) mass is 391 g/mol. The van der Waals surface area contributed by atoms with Gasteiger partial charge in [0.15, 0.2) is 0 Å². The number of carbonyl (C=O) groups excluding carboxylic acids is 3. The van der Waals surface area contributed by atoms with Gasteiger partial charge < -0.3 is 25.8 Å². The first-order valence-corrected chi connectivity index (χ1v) is 9.04. The van der Waals surface area contributed by atoms with Crippen LogP contribution in [0.2, 0.25) is 0 Å². The predicted octanol–water partition coefficient (Wildman–Crippen LogP) is 0.298. The van der Waals surface area contributed by atoms with E-state index < -0.39 is 36.3 Å². The van der Waals surface area contributed by atoms with Crippen LogP contribution < -0.4 is 20.7 Å². The molecule has 1 aromatic rings. The summed E-state index contributed by atoms with van der Waals surface area (Å²) in [5.74, 6) is -3.01. The summed E-state index contributed by atoms with van der Waals surface area (Å²) in [6.45, 7) is 5.37. The highest BCUT2D eigenvalue weighted by molar-refractivity contribution is 6.00. The van der Waals surface area contributed by atoms with Crippen molar-refractivity contribution in [2.45, 2.75) is 45.3 Å². The van der Waals surface area contributed by atoms with E-state index in [4.69, 9.17) is 4.74 Å². The highest BCUT2D eigenvalue weighted by atomic mass is 16.5. The van der Waals surface area contributed by atoms with Gasteiger partial charge in [0.1, 0.15) is 24.4 Å². The molecule has 9 nitrogen and oxygen atoms in total. The lowest BCUT2D eigenvalue weighted by atomic mass is 10.0. The Hall–Kier alpha value is -3.10. The molecule has 3 amide bonds. The van der Waals surface area contributed by atoms with E-state index >= 15 is 0 Å². The maximum absolute atomic E-state index is 12.5. The average molecular weight is 391 g/mol. The van der Waals surface area contributed by atoms with Crippen LogP contribution in [-0.2, 0) is 14.4 Å². The zero-order valence-corrected chi connectivity index (χ0v) is 16.0. The molecule has 0 aromatic heterocycles. The molecule has 152 valence electrons. The van der Waals surface area contributed by atoms with Crippen molar-refractivity contribution >= 4 is 23.7 Å². The molecule has 3 atom stereocenters. The SMILES string of the molecule is CC(C)[C@H]1NC(=O)C[C@@H](C(=O)O)NC(=O)c2ccccc2OC[C@@H](C)NC1=O. The van der Waals surface area contributed by atoms with Crippen LogP contribution in [0, 0.1) is 5.92 Å². The van der Waals surface area contributed by atoms with Crippen molar-refractivity contribution in [3.63, 3.8) is 0 Å². The van der Waals surface area contributed by atoms with Gasteiger partial charge in [0.25, 0.3) is 5.91 Å². The number of hydrogen-bond donors (Lipinski definition) is 4. The molecule has 0 aliphatic carbocycles. The molecule has 28 heavy (non-hydrogen) atoms. The Labute approximate surface area is 162 Å². The summed E-state index contributed by atoms with van der Waals surface area (Å²) >= 11 is 0. The maximum Gasteiger partial charge on any atom is 0.326 e. The predicted molar refractivity (Wildman–Crippen MR) is 99.8 cm³/mol. The highest BCUT2D eigenvalue weighted by Gasteiger charge is 2.30. The van der Waals surface area contributed by atoms with Gasteiger partial charge in [-0.3, -0.25) is 14.4 Å². The number of nitrogens with one attached hydrogen (secondary N) is 3. The summed E-state index contributed by atoms with van der Waals surface area (Å²) in [4.78, 5) is 48.9. The number of carboxylic acids is 1. The molecular formula is C19H25N3O6. The van der Waals surface area contributed by atoms with E-state index in [1.54, 1.807) is 39.0 Å². The van der Waals surface area contributed by atoms with Crippen LogP contribution in [0.1, 0.15) is 37.6 Å². The quantitative estimate of drug-likeness (QED) is 0.573. The van der Waals surface area contributed by atoms with E-state index in [1.807, 2.05) is 0 Å². The number of carbonyl (C=O) groups is 4. The Bertz CT molecular complexity index is 764. The molecule has 0 saturated heterocycles. The molecule has 4 N–H and O–H groups in total. The molecule has 0 bridgehead atoms. The Morgan fingerprint density at radius 1 is 1.14 bits per heavy atom. The van der Waals surface area contributed by atoms with Gasteiger partial charge >= 0.3 is 5.97 Å². The van der Waals surface area contributed by atoms with Crippen molar-refractivity contribution in [1.29, 1.82) is 0 Å². The molecular weight excluding hydrogens is 366 g/mol. The van der Waals surface area contributed by atoms with E-state index in [9.17, 15) is 24.3 Å². The van der Waals surface area contributed by atoms with Crippen LogP contribution in [0.3, 0.4) is 0 Å². The number of aliphatic carboxylic acids is 1. The van der Waals surface area contributed by atoms with Crippen molar-refractivity contribution in [3.05, 3.63) is 29.8 Å². The standard InChI is InChI=1S/C19H25N3O6/c1-10(2)16-18(25)20-11(3)9-28-14-7-5-4-6-12(14)17(24)21-13(19(26)27)8-15(23)22-16/h4-7,10-11,13,16H,8-9H2,1-3H3,(H,20,25)(H,21,24)(H,22,23)(H,26,27)/t11-,13+,16-/m1/s1. The number of amides is 3. The summed E-state index contributed by atoms with van der Waals surface area (Å²) in [6, 6.07) is 3.70. The lowest BCUT2D eigenvalue weighted by molar-refractivity contribution is -0.141. The minimum Gasteiger partial charge on any atom is -0.491 e. The second kappa shape index (κ2) is 9.20. The third-order valence-corrected chi connectivity index (χ3v) is 4.27. The van der Waals surface area contributed by atoms with Crippen molar-refractivity contribution in [1.82, 2.24) is 16.0 Å². The highest BCUT2D eigenvalue weighted by Crippen LogP contribution is 2.19. The maximum atomic E-state index is 12.5. The first-order chi connectivity index (χ1) is 13.2. The van der Waals surface area contributed by atoms with Crippen LogP contribution in [0.15, 0.2) is 24.3 Å². The van der Waals surface area contributed by atoms with E-state index in [1.165, 1.54) is 6.07 Å². The van der Waals surface area contributed by atoms with Gasteiger partial charge in [0.05, 0.1) is 18.0 Å². The molecule has 1 aliphatic heterocycles. The summed E-state index contributed by atoms with van der Waals surface area (Å²) < 4.78 is 5.67. The average Bonchev–Trinajstić information content (AvgIpc) is 2.62. The summed E-state index contributed by atoms with van der Waals surface area (Å²) in [5, 5.41) is 17.0. The minimum atomic E-state index is -1.45. The van der Waals surface area contributed by atoms with Crippen molar-refractivity contribution in [2.24, 2.45) is 5.92 Å². The first-order valence-electron chi connectivity index (χ1n) is 9.04. The third kappa shape index (κ3) is 5.45. The van der Waals surface area contributed by atoms with E-state index in [0.717, 1.165) is 0 Å². The molecule has 1 aliphatic rings. The van der Waals surface area contributed by atoms with Crippen LogP contribution in [-0.4, -0.2) is 53.5 Å². The largest absolute Gasteiger partial charge is 0.491 e. The molecule has 0 radical (unpaired) electrons. The third-order valence-electron chi connectivity index (χ3n) is 4.27. The fourth-order valence-electron chi connectivity index (χ4n) is 2.76. The summed E-state index contributed by atoms with van der Waals surface area (Å²) in [6.07, 6.45) is -0.504. The molecule has 0 fully saturated rings. The molecule has 1 aromatic carbocycles. The number of hydrogen-bond acceptors (Lipinski definition) is 5. The molecule has 9 heteroatoms. The Morgan fingerprint density at radius 3 is 2.46 bits per heavy atom. The lowest BCUT2D eigenvalue weighted by Crippen LogP contribution is -2.54. The number of ether oxygens (including phenoxy) is 1. The zero-order valence-electron chi connectivity index (χ0n) is 16.0. The van der Waals surface area contributed by atoms with Crippen molar-refractivity contribution in [3.8, 4) is 5.75 Å². The smallest absolute Gasteiger partial charge is 0.326 e. The minimum absolute atomic E-state index is 0.0944. The molecule has 1 heterocycles. The van der Waals surface area contributed by atoms with Crippen molar-refractivity contribution in [2.75, 3.05) is 6.61 Å². The number of carboxylic acid groups (broad SMARTS) is 1. The fourth-order valence-corrected chi connectivity index (χ4v) is 2.76. The number of fused-ring (bicyclic) bond motifs is 1. The topological polar surface area (TPSA) is 134 Å². The van der Waals surface area contributed by atoms with Crippen LogP contribution in [0.4, 0.5) is 0 Å². The van der Waals surface area contributed by atoms with Gasteiger partial charge in [-0.2, -0.15) is 0 Å². The molecule has 0 saturated carbocycles. The normalized spacial score (nSPS) is 24.1. The van der Waals surface area contributed by atoms with Gasteiger partial charge in [0.2, 0.25) is 11.8 Å². The number of rotatable bonds is 2. The van der Waals surface area contributed by atoms with Gasteiger partial charge in [-0.05, 0) is 25.0 Å². The Morgan fingerprint density at radius 2 is 1.82 bits per heavy atom. The first kappa shape index (κ1) is 21.2. The second-order valence-electron chi connectivity index (χ2n) is 7.07. The van der Waals surface area contributed by atoms with Crippen molar-refractivity contribution < 1.29 is 29.0 Å². The lowest BCUT2D eigenvalue weighted by Gasteiger charge is -2.25. The molecule has 0 unspecified atom stereocenters. The second-order valence-corrected chi connectivity index (χ2v) is 7.07. The fraction of sp³-hybridized carbons (Fsp3) is 0.474. The van der Waals surface area contributed by atoms with Crippen LogP contribution in [0.25, 0.3) is 0 Å². The van der Waals surface area contributed by atoms with Gasteiger partial charge in [-0.15, -0.1) is 0 Å². The summed E-state index contributed by atoms with van der Waals surface area (Å²) in [7, 11) is 0. The molecule has 2 rings (SSSR count). The Kier molecular flexibility index (Phi) is 6.97. The van der Waals surface area contributed by atoms with E-state index in [0.29, 0.717) is 0 Å². The van der Waals surface area contributed by atoms with Crippen LogP contribution >= 0.6 is 0 Å². The number of para-hydroxylation sites is 1. The van der Waals surface area contributed by atoms with Crippen LogP contribution in [0.5, 0.6) is 5.75 Å². The number of benzene rings is 1. The van der Waals surface area contributed by atoms with Gasteiger partial charge in [-0.1, -0.05) is 26.0 Å². The van der Waals surface area contributed by atoms with Gasteiger partial charge in [0, 0.05) is 0 Å². The van der Waals surface area contributed by atoms with Gasteiger partial charge in [-0.25, -0.2) is 4.79 Å². The van der Waals surface area contributed by atoms with E-state index in [-0.39, 0.29) is 35.8 Å². The molecule has 0 spiro atoms. The zero-order chi connectivity index (χ0) is 20.8.